The second-order valence-corrected chi connectivity index (χ2v) is 5.63. The Morgan fingerprint density at radius 2 is 1.29 bits per heavy atom. The van der Waals surface area contributed by atoms with Crippen LogP contribution in [0.4, 0.5) is 11.4 Å². The van der Waals surface area contributed by atoms with E-state index in [-0.39, 0.29) is 17.0 Å². The van der Waals surface area contributed by atoms with E-state index in [1.54, 1.807) is 36.4 Å². The molecule has 2 N–H and O–H groups in total. The minimum absolute atomic E-state index is 0.164. The van der Waals surface area contributed by atoms with Crippen LogP contribution in [0.5, 0.6) is 0 Å². The van der Waals surface area contributed by atoms with Crippen LogP contribution >= 0.6 is 0 Å². The number of nitrogens with zero attached hydrogens (tertiary/aromatic N) is 2. The van der Waals surface area contributed by atoms with Gasteiger partial charge in [0.15, 0.2) is 0 Å². The minimum Gasteiger partial charge on any atom is -0.465 e. The third-order valence-electron chi connectivity index (χ3n) is 3.66. The van der Waals surface area contributed by atoms with Crippen molar-refractivity contribution in [2.45, 2.75) is 0 Å². The largest absolute Gasteiger partial charge is 0.465 e. The van der Waals surface area contributed by atoms with Crippen molar-refractivity contribution in [1.82, 2.24) is 9.97 Å². The van der Waals surface area contributed by atoms with Gasteiger partial charge in [-0.2, -0.15) is 0 Å². The molecule has 2 heterocycles. The molecule has 3 rings (SSSR count). The van der Waals surface area contributed by atoms with Gasteiger partial charge < -0.3 is 15.4 Å². The van der Waals surface area contributed by atoms with Crippen LogP contribution in [0.15, 0.2) is 67.0 Å². The highest BCUT2D eigenvalue weighted by Crippen LogP contribution is 2.21. The maximum Gasteiger partial charge on any atom is 0.337 e. The lowest BCUT2D eigenvalue weighted by Gasteiger charge is -2.11. The zero-order valence-electron chi connectivity index (χ0n) is 14.9. The highest BCUT2D eigenvalue weighted by molar-refractivity contribution is 6.06. The molecule has 0 aliphatic carbocycles. The summed E-state index contributed by atoms with van der Waals surface area (Å²) in [6, 6.07) is 14.3. The van der Waals surface area contributed by atoms with E-state index in [1.165, 1.54) is 37.7 Å². The lowest BCUT2D eigenvalue weighted by molar-refractivity contribution is 0.0600. The van der Waals surface area contributed by atoms with Crippen LogP contribution in [0.3, 0.4) is 0 Å². The fourth-order valence-electron chi connectivity index (χ4n) is 2.39. The number of carbonyl (C=O) groups excluding carboxylic acids is 3. The summed E-state index contributed by atoms with van der Waals surface area (Å²) in [4.78, 5) is 44.6. The minimum atomic E-state index is -0.609. The van der Waals surface area contributed by atoms with Crippen molar-refractivity contribution in [2.24, 2.45) is 0 Å². The SMILES string of the molecule is COC(=O)c1cc(NC(=O)c2ccccn2)cc(NC(=O)c2ccccn2)c1. The van der Waals surface area contributed by atoms with E-state index in [4.69, 9.17) is 4.74 Å². The number of anilines is 2. The third kappa shape index (κ3) is 4.55. The van der Waals surface area contributed by atoms with Gasteiger partial charge in [-0.1, -0.05) is 12.1 Å². The molecule has 140 valence electrons. The quantitative estimate of drug-likeness (QED) is 0.663. The highest BCUT2D eigenvalue weighted by Gasteiger charge is 2.14. The Morgan fingerprint density at radius 1 is 0.786 bits per heavy atom. The number of hydrogen-bond donors (Lipinski definition) is 2. The van der Waals surface area contributed by atoms with Crippen LogP contribution in [0.25, 0.3) is 0 Å². The maximum absolute atomic E-state index is 12.3. The Bertz CT molecular complexity index is 935. The van der Waals surface area contributed by atoms with Crippen LogP contribution in [-0.4, -0.2) is 34.9 Å². The zero-order chi connectivity index (χ0) is 19.9. The average molecular weight is 376 g/mol. The molecular formula is C20H16N4O4. The van der Waals surface area contributed by atoms with Gasteiger partial charge in [-0.25, -0.2) is 4.79 Å². The van der Waals surface area contributed by atoms with Gasteiger partial charge in [-0.15, -0.1) is 0 Å². The Balaban J connectivity index is 1.87. The van der Waals surface area contributed by atoms with Gasteiger partial charge in [-0.3, -0.25) is 19.6 Å². The van der Waals surface area contributed by atoms with Gasteiger partial charge in [0.25, 0.3) is 11.8 Å². The van der Waals surface area contributed by atoms with Gasteiger partial charge in [0.1, 0.15) is 11.4 Å². The fourth-order valence-corrected chi connectivity index (χ4v) is 2.39. The first-order chi connectivity index (χ1) is 13.6. The molecule has 0 aliphatic rings. The number of amides is 2. The summed E-state index contributed by atoms with van der Waals surface area (Å²) in [5, 5.41) is 5.31. The van der Waals surface area contributed by atoms with E-state index in [0.717, 1.165) is 0 Å². The molecule has 0 spiro atoms. The summed E-state index contributed by atoms with van der Waals surface area (Å²) in [6.45, 7) is 0. The molecule has 2 aromatic heterocycles. The Morgan fingerprint density at radius 3 is 1.68 bits per heavy atom. The van der Waals surface area contributed by atoms with Gasteiger partial charge in [-0.05, 0) is 42.5 Å². The standard InChI is InChI=1S/C20H16N4O4/c1-28-20(27)13-10-14(23-18(25)16-6-2-4-8-21-16)12-15(11-13)24-19(26)17-7-3-5-9-22-17/h2-12H,1H3,(H,23,25)(H,24,26). The first-order valence-electron chi connectivity index (χ1n) is 8.25. The Labute approximate surface area is 160 Å². The number of aromatic nitrogens is 2. The molecule has 0 fully saturated rings. The van der Waals surface area contributed by atoms with Gasteiger partial charge in [0.05, 0.1) is 12.7 Å². The van der Waals surface area contributed by atoms with Crippen LogP contribution in [0.1, 0.15) is 31.3 Å². The molecule has 0 aliphatic heterocycles. The topological polar surface area (TPSA) is 110 Å². The number of carbonyl (C=O) groups is 3. The van der Waals surface area contributed by atoms with Crippen molar-refractivity contribution in [1.29, 1.82) is 0 Å². The lowest BCUT2D eigenvalue weighted by Crippen LogP contribution is -2.16. The van der Waals surface area contributed by atoms with Crippen molar-refractivity contribution < 1.29 is 19.1 Å². The molecule has 8 heteroatoms. The molecule has 0 saturated heterocycles. The summed E-state index contributed by atoms with van der Waals surface area (Å²) in [6.07, 6.45) is 3.00. The lowest BCUT2D eigenvalue weighted by atomic mass is 10.1. The highest BCUT2D eigenvalue weighted by atomic mass is 16.5. The number of rotatable bonds is 5. The number of methoxy groups -OCH3 is 1. The van der Waals surface area contributed by atoms with Crippen molar-refractivity contribution in [3.05, 3.63) is 83.9 Å². The van der Waals surface area contributed by atoms with E-state index < -0.39 is 17.8 Å². The first kappa shape index (κ1) is 18.7. The summed E-state index contributed by atoms with van der Waals surface area (Å²) >= 11 is 0. The smallest absolute Gasteiger partial charge is 0.337 e. The third-order valence-corrected chi connectivity index (χ3v) is 3.66. The van der Waals surface area contributed by atoms with Crippen molar-refractivity contribution >= 4 is 29.2 Å². The molecule has 28 heavy (non-hydrogen) atoms. The molecule has 8 nitrogen and oxygen atoms in total. The molecule has 1 aromatic carbocycles. The number of nitrogens with one attached hydrogen (secondary N) is 2. The summed E-state index contributed by atoms with van der Waals surface area (Å²) in [7, 11) is 1.24. The van der Waals surface area contributed by atoms with E-state index in [9.17, 15) is 14.4 Å². The summed E-state index contributed by atoms with van der Waals surface area (Å²) < 4.78 is 4.74. The number of benzene rings is 1. The van der Waals surface area contributed by atoms with E-state index in [2.05, 4.69) is 20.6 Å². The van der Waals surface area contributed by atoms with Crippen LogP contribution in [-0.2, 0) is 4.74 Å². The van der Waals surface area contributed by atoms with Crippen molar-refractivity contribution in [2.75, 3.05) is 17.7 Å². The van der Waals surface area contributed by atoms with Gasteiger partial charge in [0.2, 0.25) is 0 Å². The average Bonchev–Trinajstić information content (AvgIpc) is 2.74. The van der Waals surface area contributed by atoms with E-state index in [1.807, 2.05) is 0 Å². The molecule has 0 saturated carbocycles. The molecule has 0 radical (unpaired) electrons. The van der Waals surface area contributed by atoms with Crippen LogP contribution in [0.2, 0.25) is 0 Å². The van der Waals surface area contributed by atoms with E-state index in [0.29, 0.717) is 11.4 Å². The van der Waals surface area contributed by atoms with Gasteiger partial charge >= 0.3 is 5.97 Å². The van der Waals surface area contributed by atoms with Crippen molar-refractivity contribution in [3.63, 3.8) is 0 Å². The molecule has 3 aromatic rings. The van der Waals surface area contributed by atoms with Crippen molar-refractivity contribution in [3.8, 4) is 0 Å². The fraction of sp³-hybridized carbons (Fsp3) is 0.0500. The normalized spacial score (nSPS) is 10.0. The predicted octanol–water partition coefficient (Wildman–Crippen LogP) is 2.77. The van der Waals surface area contributed by atoms with Crippen LogP contribution in [0, 0.1) is 0 Å². The van der Waals surface area contributed by atoms with E-state index >= 15 is 0 Å². The second kappa shape index (κ2) is 8.54. The maximum atomic E-state index is 12.3. The zero-order valence-corrected chi connectivity index (χ0v) is 14.9. The molecule has 2 amide bonds. The summed E-state index contributed by atoms with van der Waals surface area (Å²) in [5.74, 6) is -1.52. The summed E-state index contributed by atoms with van der Waals surface area (Å²) in [5.41, 5.74) is 1.19. The Kier molecular flexibility index (Phi) is 5.71. The number of pyridine rings is 2. The number of ether oxygens (including phenoxy) is 1. The molecule has 0 unspecified atom stereocenters. The number of hydrogen-bond acceptors (Lipinski definition) is 6. The number of esters is 1. The molecule has 0 bridgehead atoms. The van der Waals surface area contributed by atoms with Crippen LogP contribution < -0.4 is 10.6 Å². The molecular weight excluding hydrogens is 360 g/mol. The molecule has 0 atom stereocenters. The second-order valence-electron chi connectivity index (χ2n) is 5.63. The van der Waals surface area contributed by atoms with Gasteiger partial charge in [0, 0.05) is 23.8 Å². The monoisotopic (exact) mass is 376 g/mol. The first-order valence-corrected chi connectivity index (χ1v) is 8.25. The Hall–Kier alpha value is -4.07. The predicted molar refractivity (Wildman–Crippen MR) is 102 cm³/mol.